The Labute approximate surface area is 496 Å². The van der Waals surface area contributed by atoms with Gasteiger partial charge in [-0.25, -0.2) is 4.98 Å². The third-order valence-corrected chi connectivity index (χ3v) is 17.9. The minimum absolute atomic E-state index is 0.0188. The lowest BCUT2D eigenvalue weighted by atomic mass is 9.75. The van der Waals surface area contributed by atoms with Crippen LogP contribution in [0.1, 0.15) is 180 Å². The Bertz CT molecular complexity index is 4020. The van der Waals surface area contributed by atoms with Gasteiger partial charge in [-0.3, -0.25) is 4.57 Å². The van der Waals surface area contributed by atoms with Crippen LogP contribution >= 0.6 is 0 Å². The van der Waals surface area contributed by atoms with Crippen LogP contribution < -0.4 is 14.5 Å². The predicted octanol–water partition coefficient (Wildman–Crippen LogP) is 21.7. The van der Waals surface area contributed by atoms with E-state index in [0.717, 1.165) is 50.7 Å². The molecular weight excluding hydrogens is 1010 g/mol. The molecule has 1 aliphatic heterocycles. The predicted molar refractivity (Wildman–Crippen MR) is 354 cm³/mol. The zero-order valence-electron chi connectivity index (χ0n) is 52.5. The van der Waals surface area contributed by atoms with Crippen LogP contribution in [0.15, 0.2) is 188 Å². The summed E-state index contributed by atoms with van der Waals surface area (Å²) in [5.74, 6) is 3.12. The third kappa shape index (κ3) is 10.8. The lowest BCUT2D eigenvalue weighted by Gasteiger charge is -2.32. The van der Waals surface area contributed by atoms with Gasteiger partial charge in [0.2, 0.25) is 0 Å². The van der Waals surface area contributed by atoms with Gasteiger partial charge >= 0.3 is 0 Å². The van der Waals surface area contributed by atoms with Crippen LogP contribution in [-0.4, -0.2) is 16.2 Å². The lowest BCUT2D eigenvalue weighted by Crippen LogP contribution is -2.27. The van der Waals surface area contributed by atoms with E-state index in [-0.39, 0.29) is 27.1 Å². The molecule has 0 atom stereocenters. The fourth-order valence-corrected chi connectivity index (χ4v) is 12.4. The maximum atomic E-state index is 7.35. The van der Waals surface area contributed by atoms with Crippen LogP contribution in [0.3, 0.4) is 0 Å². The second-order valence-electron chi connectivity index (χ2n) is 28.3. The SMILES string of the molecule is CC(C)c1cccc(C(C)C)c1-c1ccc2c(c1)N(c1cc(Oc3ccc4c5cc(C(C)(C)C)ccc5n(-c5cc(C(C)(C)C)ccn5)c4c3)cc(C(C)(C)c3ccccc3)c1)CN2c1cc(C(C)(C)C)cc(C(C)(C)c2ccccc2)c1. The zero-order chi connectivity index (χ0) is 59.1. The van der Waals surface area contributed by atoms with E-state index < -0.39 is 0 Å². The van der Waals surface area contributed by atoms with E-state index in [1.165, 1.54) is 72.4 Å². The van der Waals surface area contributed by atoms with Crippen LogP contribution in [0.25, 0.3) is 38.8 Å². The van der Waals surface area contributed by atoms with Crippen LogP contribution in [0.4, 0.5) is 22.7 Å². The number of hydrogen-bond acceptors (Lipinski definition) is 4. The van der Waals surface area contributed by atoms with Crippen molar-refractivity contribution in [3.63, 3.8) is 0 Å². The quantitative estimate of drug-likeness (QED) is 0.122. The van der Waals surface area contributed by atoms with Gasteiger partial charge in [-0.1, -0.05) is 215 Å². The van der Waals surface area contributed by atoms with Crippen molar-refractivity contribution in [3.8, 4) is 28.4 Å². The number of nitrogens with zero attached hydrogens (tertiary/aromatic N) is 4. The van der Waals surface area contributed by atoms with E-state index in [4.69, 9.17) is 9.72 Å². The summed E-state index contributed by atoms with van der Waals surface area (Å²) in [5, 5.41) is 2.36. The molecule has 2 aromatic heterocycles. The average Bonchev–Trinajstić information content (AvgIpc) is 3.14. The fourth-order valence-electron chi connectivity index (χ4n) is 12.4. The van der Waals surface area contributed by atoms with Crippen molar-refractivity contribution in [1.29, 1.82) is 0 Å². The molecule has 0 radical (unpaired) electrons. The summed E-state index contributed by atoms with van der Waals surface area (Å²) in [6, 6.07) is 68.3. The molecule has 1 aliphatic rings. The van der Waals surface area contributed by atoms with E-state index in [1.807, 2.05) is 6.20 Å². The second kappa shape index (κ2) is 21.1. The Morgan fingerprint density at radius 2 is 0.952 bits per heavy atom. The maximum absolute atomic E-state index is 7.35. The highest BCUT2D eigenvalue weighted by molar-refractivity contribution is 6.10. The summed E-state index contributed by atoms with van der Waals surface area (Å²) in [7, 11) is 0. The van der Waals surface area contributed by atoms with Crippen molar-refractivity contribution in [1.82, 2.24) is 9.55 Å². The monoisotopic (exact) mass is 1090 g/mol. The molecule has 0 unspecified atom stereocenters. The van der Waals surface area contributed by atoms with E-state index in [2.05, 4.69) is 314 Å². The minimum atomic E-state index is -0.383. The molecule has 0 aliphatic carbocycles. The Kier molecular flexibility index (Phi) is 14.5. The molecule has 0 amide bonds. The van der Waals surface area contributed by atoms with Gasteiger partial charge in [0.1, 0.15) is 24.0 Å². The van der Waals surface area contributed by atoms with Gasteiger partial charge in [0, 0.05) is 51.3 Å². The van der Waals surface area contributed by atoms with Gasteiger partial charge < -0.3 is 14.5 Å². The zero-order valence-corrected chi connectivity index (χ0v) is 52.5. The fraction of sp³-hybridized carbons (Fsp3) is 0.321. The van der Waals surface area contributed by atoms with Gasteiger partial charge in [0.25, 0.3) is 0 Å². The first kappa shape index (κ1) is 56.9. The Balaban J connectivity index is 1.12. The highest BCUT2D eigenvalue weighted by Crippen LogP contribution is 2.51. The van der Waals surface area contributed by atoms with E-state index in [1.54, 1.807) is 0 Å². The van der Waals surface area contributed by atoms with Crippen molar-refractivity contribution in [2.24, 2.45) is 0 Å². The lowest BCUT2D eigenvalue weighted by molar-refractivity contribution is 0.480. The molecule has 0 spiro atoms. The Morgan fingerprint density at radius 3 is 1.54 bits per heavy atom. The third-order valence-electron chi connectivity index (χ3n) is 17.9. The topological polar surface area (TPSA) is 33.5 Å². The van der Waals surface area contributed by atoms with Gasteiger partial charge in [0.05, 0.1) is 22.4 Å². The molecule has 5 heteroatoms. The summed E-state index contributed by atoms with van der Waals surface area (Å²) in [6.07, 6.45) is 1.96. The van der Waals surface area contributed by atoms with Gasteiger partial charge in [-0.2, -0.15) is 0 Å². The molecule has 0 saturated heterocycles. The summed E-state index contributed by atoms with van der Waals surface area (Å²) < 4.78 is 9.68. The Hall–Kier alpha value is -7.89. The van der Waals surface area contributed by atoms with Crippen LogP contribution in [-0.2, 0) is 27.1 Å². The van der Waals surface area contributed by atoms with Gasteiger partial charge in [0.15, 0.2) is 0 Å². The number of fused-ring (bicyclic) bond motifs is 4. The normalized spacial score (nSPS) is 13.5. The molecule has 0 saturated carbocycles. The number of aromatic nitrogens is 2. The van der Waals surface area contributed by atoms with Crippen molar-refractivity contribution < 1.29 is 4.74 Å². The molecular formula is C78H86N4O. The van der Waals surface area contributed by atoms with E-state index in [9.17, 15) is 0 Å². The smallest absolute Gasteiger partial charge is 0.137 e. The molecule has 8 aromatic carbocycles. The van der Waals surface area contributed by atoms with Crippen molar-refractivity contribution in [2.45, 2.75) is 157 Å². The molecule has 10 aromatic rings. The highest BCUT2D eigenvalue weighted by Gasteiger charge is 2.35. The highest BCUT2D eigenvalue weighted by atomic mass is 16.5. The van der Waals surface area contributed by atoms with Gasteiger partial charge in [-0.15, -0.1) is 0 Å². The number of hydrogen-bond donors (Lipinski definition) is 0. The van der Waals surface area contributed by atoms with E-state index in [0.29, 0.717) is 18.5 Å². The number of benzene rings is 8. The van der Waals surface area contributed by atoms with E-state index >= 15 is 0 Å². The minimum Gasteiger partial charge on any atom is -0.457 e. The van der Waals surface area contributed by atoms with Crippen molar-refractivity contribution in [3.05, 3.63) is 238 Å². The molecule has 5 nitrogen and oxygen atoms in total. The molecule has 0 bridgehead atoms. The molecule has 0 N–H and O–H groups in total. The van der Waals surface area contributed by atoms with Crippen molar-refractivity contribution in [2.75, 3.05) is 16.5 Å². The Morgan fingerprint density at radius 1 is 0.398 bits per heavy atom. The molecule has 83 heavy (non-hydrogen) atoms. The molecule has 0 fully saturated rings. The summed E-state index contributed by atoms with van der Waals surface area (Å²) in [4.78, 5) is 10.1. The van der Waals surface area contributed by atoms with Crippen LogP contribution in [0.2, 0.25) is 0 Å². The largest absolute Gasteiger partial charge is 0.457 e. The van der Waals surface area contributed by atoms with Crippen LogP contribution in [0.5, 0.6) is 11.5 Å². The van der Waals surface area contributed by atoms with Crippen LogP contribution in [0, 0.1) is 0 Å². The molecule has 11 rings (SSSR count). The number of ether oxygens (including phenoxy) is 1. The van der Waals surface area contributed by atoms with Gasteiger partial charge in [-0.05, 0) is 162 Å². The number of rotatable bonds is 12. The molecule has 3 heterocycles. The first-order chi connectivity index (χ1) is 39.2. The standard InChI is InChI=1S/C78H86N4O/c1-50(2)64-29-24-30-65(51(3)4)73(64)52-31-35-69-71(39-52)81(49-80(69)60-41-57(76(11,12)13)40-58(42-60)77(14,15)53-25-20-18-21-26-53)61-43-59(78(16,17)54-27-22-19-23-28-54)44-63(47-61)83-62-33-34-66-67-45-55(74(5,6)7)32-36-68(67)82(70(66)48-62)72-46-56(37-38-79-72)75(8,9)10/h18-48,50-51H,49H2,1-17H3. The maximum Gasteiger partial charge on any atom is 0.137 e. The summed E-state index contributed by atoms with van der Waals surface area (Å²) in [6.45, 7) is 40.0. The summed E-state index contributed by atoms with van der Waals surface area (Å²) in [5.41, 5.74) is 20.1. The second-order valence-corrected chi connectivity index (χ2v) is 28.3. The number of anilines is 4. The van der Waals surface area contributed by atoms with Crippen molar-refractivity contribution >= 4 is 44.6 Å². The molecule has 424 valence electrons. The first-order valence-electron chi connectivity index (χ1n) is 30.2. The first-order valence-corrected chi connectivity index (χ1v) is 30.2. The number of pyridine rings is 1. The summed E-state index contributed by atoms with van der Waals surface area (Å²) >= 11 is 0. The average molecular weight is 1100 g/mol.